The zero-order chi connectivity index (χ0) is 15.2. The second-order valence-corrected chi connectivity index (χ2v) is 4.65. The highest BCUT2D eigenvalue weighted by Gasteiger charge is 2.15. The summed E-state index contributed by atoms with van der Waals surface area (Å²) in [5.41, 5.74) is 1.45. The molecule has 1 atom stereocenters. The number of carbonyl (C=O) groups excluding carboxylic acids is 1. The first kappa shape index (κ1) is 14.7. The number of nitrogens with zero attached hydrogens (tertiary/aromatic N) is 3. The molecule has 2 aromatic rings. The molecule has 110 valence electrons. The van der Waals surface area contributed by atoms with Gasteiger partial charge in [-0.3, -0.25) is 9.59 Å². The van der Waals surface area contributed by atoms with Gasteiger partial charge in [0.25, 0.3) is 0 Å². The number of benzene rings is 1. The molecule has 1 amide bonds. The smallest absolute Gasteiger partial charge is 0.325 e. The van der Waals surface area contributed by atoms with E-state index in [4.69, 9.17) is 5.11 Å². The summed E-state index contributed by atoms with van der Waals surface area (Å²) in [6.07, 6.45) is 1.50. The summed E-state index contributed by atoms with van der Waals surface area (Å²) in [6, 6.07) is 9.46. The van der Waals surface area contributed by atoms with Crippen LogP contribution in [-0.2, 0) is 22.7 Å². The Morgan fingerprint density at radius 2 is 2.05 bits per heavy atom. The van der Waals surface area contributed by atoms with Crippen molar-refractivity contribution < 1.29 is 14.7 Å². The van der Waals surface area contributed by atoms with E-state index in [0.29, 0.717) is 5.69 Å². The average molecular weight is 288 g/mol. The Labute approximate surface area is 121 Å². The summed E-state index contributed by atoms with van der Waals surface area (Å²) in [5.74, 6) is -1.37. The number of carboxylic acid groups (broad SMARTS) is 1. The van der Waals surface area contributed by atoms with E-state index in [9.17, 15) is 9.59 Å². The Balaban J connectivity index is 1.89. The van der Waals surface area contributed by atoms with Crippen molar-refractivity contribution in [2.24, 2.45) is 0 Å². The molecule has 0 aliphatic rings. The van der Waals surface area contributed by atoms with E-state index in [1.807, 2.05) is 37.3 Å². The van der Waals surface area contributed by atoms with Crippen LogP contribution in [-0.4, -0.2) is 32.0 Å². The number of amides is 1. The van der Waals surface area contributed by atoms with Gasteiger partial charge in [-0.25, -0.2) is 4.68 Å². The number of nitrogens with one attached hydrogen (secondary N) is 1. The van der Waals surface area contributed by atoms with Crippen molar-refractivity contribution in [2.75, 3.05) is 0 Å². The largest absolute Gasteiger partial charge is 0.480 e. The lowest BCUT2D eigenvalue weighted by Gasteiger charge is -2.11. The van der Waals surface area contributed by atoms with Crippen LogP contribution in [0.5, 0.6) is 0 Å². The minimum absolute atomic E-state index is 0.117. The Hall–Kier alpha value is -2.70. The van der Waals surface area contributed by atoms with Crippen molar-refractivity contribution in [1.82, 2.24) is 20.3 Å². The molecule has 0 unspecified atom stereocenters. The number of rotatable bonds is 6. The maximum atomic E-state index is 12.0. The van der Waals surface area contributed by atoms with Gasteiger partial charge in [0.1, 0.15) is 12.2 Å². The Morgan fingerprint density at radius 1 is 1.33 bits per heavy atom. The maximum absolute atomic E-state index is 12.0. The van der Waals surface area contributed by atoms with Crippen LogP contribution in [0.3, 0.4) is 0 Å². The molecule has 0 aliphatic heterocycles. The molecule has 1 aromatic heterocycles. The van der Waals surface area contributed by atoms with E-state index < -0.39 is 5.97 Å². The van der Waals surface area contributed by atoms with E-state index in [-0.39, 0.29) is 24.9 Å². The van der Waals surface area contributed by atoms with E-state index in [1.165, 1.54) is 10.9 Å². The molecule has 0 saturated carbocycles. The summed E-state index contributed by atoms with van der Waals surface area (Å²) < 4.78 is 1.21. The number of hydrogen-bond acceptors (Lipinski definition) is 4. The topological polar surface area (TPSA) is 97.1 Å². The van der Waals surface area contributed by atoms with Crippen LogP contribution in [0, 0.1) is 0 Å². The molecule has 0 bridgehead atoms. The van der Waals surface area contributed by atoms with Crippen molar-refractivity contribution in [3.05, 3.63) is 47.8 Å². The number of carbonyl (C=O) groups is 2. The van der Waals surface area contributed by atoms with E-state index in [1.54, 1.807) is 0 Å². The van der Waals surface area contributed by atoms with E-state index in [2.05, 4.69) is 15.6 Å². The monoisotopic (exact) mass is 288 g/mol. The third-order valence-electron chi connectivity index (χ3n) is 3.02. The van der Waals surface area contributed by atoms with Crippen LogP contribution in [0.2, 0.25) is 0 Å². The molecule has 7 heteroatoms. The second-order valence-electron chi connectivity index (χ2n) is 4.65. The van der Waals surface area contributed by atoms with Gasteiger partial charge >= 0.3 is 5.97 Å². The van der Waals surface area contributed by atoms with Gasteiger partial charge in [0, 0.05) is 0 Å². The molecule has 0 spiro atoms. The van der Waals surface area contributed by atoms with Crippen LogP contribution in [0.25, 0.3) is 0 Å². The second kappa shape index (κ2) is 6.65. The lowest BCUT2D eigenvalue weighted by molar-refractivity contribution is -0.138. The van der Waals surface area contributed by atoms with Crippen LogP contribution in [0.15, 0.2) is 36.5 Å². The number of carboxylic acids is 1. The number of aromatic nitrogens is 3. The van der Waals surface area contributed by atoms with E-state index in [0.717, 1.165) is 5.56 Å². The average Bonchev–Trinajstić information content (AvgIpc) is 2.91. The fourth-order valence-electron chi connectivity index (χ4n) is 1.86. The third-order valence-corrected chi connectivity index (χ3v) is 3.02. The van der Waals surface area contributed by atoms with Gasteiger partial charge in [0.05, 0.1) is 18.7 Å². The van der Waals surface area contributed by atoms with Gasteiger partial charge < -0.3 is 10.4 Å². The number of aliphatic carboxylic acids is 1. The van der Waals surface area contributed by atoms with Crippen LogP contribution >= 0.6 is 0 Å². The zero-order valence-electron chi connectivity index (χ0n) is 11.6. The highest BCUT2D eigenvalue weighted by molar-refractivity contribution is 5.83. The van der Waals surface area contributed by atoms with Crippen LogP contribution < -0.4 is 5.32 Å². The van der Waals surface area contributed by atoms with Crippen LogP contribution in [0.4, 0.5) is 0 Å². The summed E-state index contributed by atoms with van der Waals surface area (Å²) >= 11 is 0. The first-order valence-corrected chi connectivity index (χ1v) is 6.49. The van der Waals surface area contributed by atoms with Gasteiger partial charge in [-0.1, -0.05) is 35.5 Å². The lowest BCUT2D eigenvalue weighted by Crippen LogP contribution is -2.27. The van der Waals surface area contributed by atoms with Crippen molar-refractivity contribution in [3.8, 4) is 0 Å². The molecular formula is C14H16N4O3. The fraction of sp³-hybridized carbons (Fsp3) is 0.286. The summed E-state index contributed by atoms with van der Waals surface area (Å²) in [6.45, 7) is 1.79. The molecule has 21 heavy (non-hydrogen) atoms. The molecular weight excluding hydrogens is 272 g/mol. The minimum Gasteiger partial charge on any atom is -0.480 e. The molecule has 2 rings (SSSR count). The molecule has 0 fully saturated rings. The molecule has 2 N–H and O–H groups in total. The van der Waals surface area contributed by atoms with Crippen molar-refractivity contribution in [2.45, 2.75) is 25.9 Å². The van der Waals surface area contributed by atoms with Crippen LogP contribution in [0.1, 0.15) is 24.1 Å². The van der Waals surface area contributed by atoms with Crippen molar-refractivity contribution in [3.63, 3.8) is 0 Å². The molecule has 1 aromatic carbocycles. The first-order valence-electron chi connectivity index (χ1n) is 6.49. The van der Waals surface area contributed by atoms with Gasteiger partial charge in [0.15, 0.2) is 0 Å². The summed E-state index contributed by atoms with van der Waals surface area (Å²) in [5, 5.41) is 18.9. The highest BCUT2D eigenvalue weighted by atomic mass is 16.4. The third kappa shape index (κ3) is 4.13. The SMILES string of the molecule is C[C@H](C(=O)NCc1cn(CC(=O)O)nn1)c1ccccc1. The Morgan fingerprint density at radius 3 is 2.71 bits per heavy atom. The molecule has 0 saturated heterocycles. The van der Waals surface area contributed by atoms with Gasteiger partial charge in [-0.05, 0) is 12.5 Å². The van der Waals surface area contributed by atoms with Gasteiger partial charge in [-0.15, -0.1) is 5.10 Å². The predicted octanol–water partition coefficient (Wildman–Crippen LogP) is 0.783. The number of hydrogen-bond donors (Lipinski definition) is 2. The van der Waals surface area contributed by atoms with Crippen molar-refractivity contribution >= 4 is 11.9 Å². The molecule has 0 radical (unpaired) electrons. The standard InChI is InChI=1S/C14H16N4O3/c1-10(11-5-3-2-4-6-11)14(21)15-7-12-8-18(17-16-12)9-13(19)20/h2-6,8,10H,7,9H2,1H3,(H,15,21)(H,19,20)/t10-/m0/s1. The predicted molar refractivity (Wildman–Crippen MR) is 74.4 cm³/mol. The van der Waals surface area contributed by atoms with Gasteiger partial charge in [-0.2, -0.15) is 0 Å². The Kier molecular flexibility index (Phi) is 4.65. The molecule has 1 heterocycles. The molecule has 7 nitrogen and oxygen atoms in total. The fourth-order valence-corrected chi connectivity index (χ4v) is 1.86. The summed E-state index contributed by atoms with van der Waals surface area (Å²) in [7, 11) is 0. The maximum Gasteiger partial charge on any atom is 0.325 e. The quantitative estimate of drug-likeness (QED) is 0.818. The highest BCUT2D eigenvalue weighted by Crippen LogP contribution is 2.14. The lowest BCUT2D eigenvalue weighted by atomic mass is 10.0. The van der Waals surface area contributed by atoms with E-state index >= 15 is 0 Å². The first-order chi connectivity index (χ1) is 10.1. The Bertz CT molecular complexity index is 624. The minimum atomic E-state index is -0.992. The normalized spacial score (nSPS) is 11.9. The molecule has 0 aliphatic carbocycles. The van der Waals surface area contributed by atoms with Gasteiger partial charge in [0.2, 0.25) is 5.91 Å². The zero-order valence-corrected chi connectivity index (χ0v) is 11.6. The summed E-state index contributed by atoms with van der Waals surface area (Å²) in [4.78, 5) is 22.6. The van der Waals surface area contributed by atoms with Crippen molar-refractivity contribution in [1.29, 1.82) is 0 Å².